The molecule has 0 heterocycles. The van der Waals surface area contributed by atoms with Gasteiger partial charge in [-0.25, -0.2) is 0 Å². The van der Waals surface area contributed by atoms with Gasteiger partial charge in [-0.1, -0.05) is 6.92 Å². The minimum Gasteiger partial charge on any atom is -0.396 e. The minimum absolute atomic E-state index is 0.0265. The quantitative estimate of drug-likeness (QED) is 0.857. The standard InChI is InChI=1S/C12H12F3NOS/c1-8(6-17)7-18-10-2-3-11(12(13,14)15)9(4-10)5-16/h2-4,8,17H,6-7H2,1H3. The number of alkyl halides is 3. The lowest BCUT2D eigenvalue weighted by atomic mass is 10.1. The number of aliphatic hydroxyl groups is 1. The minimum atomic E-state index is -4.51. The highest BCUT2D eigenvalue weighted by atomic mass is 32.2. The molecular weight excluding hydrogens is 263 g/mol. The molecule has 6 heteroatoms. The molecule has 0 saturated heterocycles. The van der Waals surface area contributed by atoms with Crippen LogP contribution in [0, 0.1) is 17.2 Å². The molecule has 1 N–H and O–H groups in total. The number of halogens is 3. The number of nitriles is 1. The molecule has 0 spiro atoms. The third-order valence-electron chi connectivity index (χ3n) is 2.26. The fraction of sp³-hybridized carbons (Fsp3) is 0.417. The van der Waals surface area contributed by atoms with E-state index in [-0.39, 0.29) is 18.1 Å². The molecule has 0 bridgehead atoms. The van der Waals surface area contributed by atoms with Crippen LogP contribution < -0.4 is 0 Å². The molecule has 0 aliphatic heterocycles. The summed E-state index contributed by atoms with van der Waals surface area (Å²) in [5.74, 6) is 0.648. The van der Waals surface area contributed by atoms with Gasteiger partial charge in [0.1, 0.15) is 0 Å². The second kappa shape index (κ2) is 6.12. The van der Waals surface area contributed by atoms with Crippen molar-refractivity contribution in [2.75, 3.05) is 12.4 Å². The highest BCUT2D eigenvalue weighted by Crippen LogP contribution is 2.34. The van der Waals surface area contributed by atoms with Gasteiger partial charge in [-0.15, -0.1) is 11.8 Å². The Kier molecular flexibility index (Phi) is 5.05. The van der Waals surface area contributed by atoms with Crippen LogP contribution in [-0.2, 0) is 6.18 Å². The largest absolute Gasteiger partial charge is 0.417 e. The van der Waals surface area contributed by atoms with Gasteiger partial charge in [-0.05, 0) is 24.1 Å². The summed E-state index contributed by atoms with van der Waals surface area (Å²) in [7, 11) is 0. The maximum atomic E-state index is 12.5. The molecule has 1 atom stereocenters. The third kappa shape index (κ3) is 3.93. The van der Waals surface area contributed by atoms with Crippen molar-refractivity contribution < 1.29 is 18.3 Å². The van der Waals surface area contributed by atoms with Crippen LogP contribution in [0.5, 0.6) is 0 Å². The summed E-state index contributed by atoms with van der Waals surface area (Å²) >= 11 is 1.32. The van der Waals surface area contributed by atoms with Crippen LogP contribution in [0.3, 0.4) is 0 Å². The van der Waals surface area contributed by atoms with E-state index in [1.807, 2.05) is 6.92 Å². The number of nitrogens with zero attached hydrogens (tertiary/aromatic N) is 1. The summed E-state index contributed by atoms with van der Waals surface area (Å²) in [5, 5.41) is 17.6. The Morgan fingerprint density at radius 2 is 2.11 bits per heavy atom. The molecular formula is C12H12F3NOS. The zero-order chi connectivity index (χ0) is 13.8. The van der Waals surface area contributed by atoms with Gasteiger partial charge in [0.15, 0.2) is 0 Å². The van der Waals surface area contributed by atoms with Crippen LogP contribution in [0.25, 0.3) is 0 Å². The summed E-state index contributed by atoms with van der Waals surface area (Å²) < 4.78 is 37.6. The van der Waals surface area contributed by atoms with Crippen LogP contribution in [0.4, 0.5) is 13.2 Å². The SMILES string of the molecule is CC(CO)CSc1ccc(C(F)(F)F)c(C#N)c1. The smallest absolute Gasteiger partial charge is 0.396 e. The van der Waals surface area contributed by atoms with Gasteiger partial charge in [-0.3, -0.25) is 0 Å². The molecule has 2 nitrogen and oxygen atoms in total. The maximum absolute atomic E-state index is 12.5. The van der Waals surface area contributed by atoms with E-state index >= 15 is 0 Å². The first-order valence-corrected chi connectivity index (χ1v) is 6.22. The summed E-state index contributed by atoms with van der Waals surface area (Å²) in [6, 6.07) is 5.06. The lowest BCUT2D eigenvalue weighted by molar-refractivity contribution is -0.137. The van der Waals surface area contributed by atoms with Crippen molar-refractivity contribution >= 4 is 11.8 Å². The molecule has 1 unspecified atom stereocenters. The third-order valence-corrected chi connectivity index (χ3v) is 3.59. The fourth-order valence-electron chi connectivity index (χ4n) is 1.24. The van der Waals surface area contributed by atoms with Gasteiger partial charge >= 0.3 is 6.18 Å². The van der Waals surface area contributed by atoms with Crippen LogP contribution >= 0.6 is 11.8 Å². The first-order chi connectivity index (χ1) is 8.38. The number of aliphatic hydroxyl groups excluding tert-OH is 1. The Bertz CT molecular complexity index is 454. The number of thioether (sulfide) groups is 1. The van der Waals surface area contributed by atoms with Crippen molar-refractivity contribution in [2.24, 2.45) is 5.92 Å². The van der Waals surface area contributed by atoms with Gasteiger partial charge in [0, 0.05) is 17.3 Å². The van der Waals surface area contributed by atoms with Crippen molar-refractivity contribution in [3.8, 4) is 6.07 Å². The topological polar surface area (TPSA) is 44.0 Å². The van der Waals surface area contributed by atoms with E-state index in [1.165, 1.54) is 23.9 Å². The lowest BCUT2D eigenvalue weighted by Crippen LogP contribution is -2.08. The molecule has 0 aliphatic carbocycles. The van der Waals surface area contributed by atoms with Gasteiger partial charge in [0.2, 0.25) is 0 Å². The summed E-state index contributed by atoms with van der Waals surface area (Å²) in [5.41, 5.74) is -1.28. The van der Waals surface area contributed by atoms with Crippen LogP contribution in [0.15, 0.2) is 23.1 Å². The Hall–Kier alpha value is -1.19. The van der Waals surface area contributed by atoms with Crippen molar-refractivity contribution in [3.05, 3.63) is 29.3 Å². The monoisotopic (exact) mass is 275 g/mol. The van der Waals surface area contributed by atoms with E-state index in [9.17, 15) is 13.2 Å². The predicted molar refractivity (Wildman–Crippen MR) is 63.1 cm³/mol. The molecule has 98 valence electrons. The van der Waals surface area contributed by atoms with Crippen molar-refractivity contribution in [2.45, 2.75) is 18.0 Å². The zero-order valence-corrected chi connectivity index (χ0v) is 10.5. The number of hydrogen-bond donors (Lipinski definition) is 1. The van der Waals surface area contributed by atoms with Gasteiger partial charge in [0.05, 0.1) is 17.2 Å². The molecule has 0 aromatic heterocycles. The molecule has 0 saturated carbocycles. The van der Waals surface area contributed by atoms with E-state index in [0.29, 0.717) is 10.6 Å². The Balaban J connectivity index is 2.90. The molecule has 1 aromatic carbocycles. The second-order valence-corrected chi connectivity index (χ2v) is 5.01. The number of hydrogen-bond acceptors (Lipinski definition) is 3. The molecule has 1 rings (SSSR count). The fourth-order valence-corrected chi connectivity index (χ4v) is 2.19. The molecule has 0 aliphatic rings. The lowest BCUT2D eigenvalue weighted by Gasteiger charge is -2.11. The van der Waals surface area contributed by atoms with Crippen LogP contribution in [0.2, 0.25) is 0 Å². The van der Waals surface area contributed by atoms with E-state index < -0.39 is 11.7 Å². The molecule has 0 amide bonds. The Labute approximate surface area is 107 Å². The highest BCUT2D eigenvalue weighted by Gasteiger charge is 2.33. The first kappa shape index (κ1) is 14.9. The van der Waals surface area contributed by atoms with Crippen molar-refractivity contribution in [1.29, 1.82) is 5.26 Å². The summed E-state index contributed by atoms with van der Waals surface area (Å²) in [6.07, 6.45) is -4.51. The van der Waals surface area contributed by atoms with Gasteiger partial charge < -0.3 is 5.11 Å². The highest BCUT2D eigenvalue weighted by molar-refractivity contribution is 7.99. The van der Waals surface area contributed by atoms with E-state index in [4.69, 9.17) is 10.4 Å². The van der Waals surface area contributed by atoms with E-state index in [0.717, 1.165) is 6.07 Å². The molecule has 0 fully saturated rings. The van der Waals surface area contributed by atoms with Gasteiger partial charge in [-0.2, -0.15) is 18.4 Å². The molecule has 0 radical (unpaired) electrons. The maximum Gasteiger partial charge on any atom is 0.417 e. The average Bonchev–Trinajstić information content (AvgIpc) is 2.34. The first-order valence-electron chi connectivity index (χ1n) is 5.23. The van der Waals surface area contributed by atoms with Gasteiger partial charge in [0.25, 0.3) is 0 Å². The van der Waals surface area contributed by atoms with Crippen LogP contribution in [-0.4, -0.2) is 17.5 Å². The number of benzene rings is 1. The average molecular weight is 275 g/mol. The summed E-state index contributed by atoms with van der Waals surface area (Å²) in [6.45, 7) is 1.86. The molecule has 1 aromatic rings. The number of rotatable bonds is 4. The zero-order valence-electron chi connectivity index (χ0n) is 9.66. The second-order valence-electron chi connectivity index (χ2n) is 3.92. The predicted octanol–water partition coefficient (Wildman–Crippen LogP) is 3.30. The Morgan fingerprint density at radius 1 is 1.44 bits per heavy atom. The van der Waals surface area contributed by atoms with Crippen molar-refractivity contribution in [3.63, 3.8) is 0 Å². The van der Waals surface area contributed by atoms with E-state index in [2.05, 4.69) is 0 Å². The Morgan fingerprint density at radius 3 is 2.61 bits per heavy atom. The van der Waals surface area contributed by atoms with Crippen molar-refractivity contribution in [1.82, 2.24) is 0 Å². The summed E-state index contributed by atoms with van der Waals surface area (Å²) in [4.78, 5) is 0.597. The normalized spacial score (nSPS) is 13.1. The van der Waals surface area contributed by atoms with E-state index in [1.54, 1.807) is 6.07 Å². The van der Waals surface area contributed by atoms with Crippen LogP contribution in [0.1, 0.15) is 18.1 Å². The molecule has 18 heavy (non-hydrogen) atoms.